The molecule has 3 unspecified atom stereocenters. The van der Waals surface area contributed by atoms with Gasteiger partial charge in [-0.1, -0.05) is 13.8 Å². The van der Waals surface area contributed by atoms with E-state index < -0.39 is 0 Å². The standard InChI is InChI=1S/C14H30N2O/c1-5-15-14(4,11-17)8-9-16-10-12(2)6-7-13(16)3/h12-13,15,17H,5-11H2,1-4H3. The third-order valence-electron chi connectivity index (χ3n) is 4.15. The molecule has 0 aromatic heterocycles. The fourth-order valence-electron chi connectivity index (χ4n) is 2.73. The predicted octanol–water partition coefficient (Wildman–Crippen LogP) is 1.86. The summed E-state index contributed by atoms with van der Waals surface area (Å²) in [5, 5.41) is 12.9. The van der Waals surface area contributed by atoms with Gasteiger partial charge in [0.1, 0.15) is 0 Å². The first-order chi connectivity index (χ1) is 8.00. The number of aliphatic hydroxyl groups is 1. The highest BCUT2D eigenvalue weighted by Crippen LogP contribution is 2.22. The second kappa shape index (κ2) is 6.72. The van der Waals surface area contributed by atoms with Gasteiger partial charge in [-0.05, 0) is 45.6 Å². The Morgan fingerprint density at radius 3 is 2.65 bits per heavy atom. The summed E-state index contributed by atoms with van der Waals surface area (Å²) in [6.07, 6.45) is 3.70. The van der Waals surface area contributed by atoms with E-state index >= 15 is 0 Å². The van der Waals surface area contributed by atoms with E-state index in [0.717, 1.165) is 25.4 Å². The summed E-state index contributed by atoms with van der Waals surface area (Å²) in [4.78, 5) is 2.58. The van der Waals surface area contributed by atoms with Crippen molar-refractivity contribution in [3.05, 3.63) is 0 Å². The van der Waals surface area contributed by atoms with Crippen LogP contribution in [0, 0.1) is 5.92 Å². The molecular formula is C14H30N2O. The van der Waals surface area contributed by atoms with E-state index in [2.05, 4.69) is 37.9 Å². The minimum absolute atomic E-state index is 0.116. The van der Waals surface area contributed by atoms with Crippen molar-refractivity contribution in [2.45, 2.75) is 58.5 Å². The number of hydrogen-bond donors (Lipinski definition) is 2. The van der Waals surface area contributed by atoms with E-state index in [-0.39, 0.29) is 12.1 Å². The van der Waals surface area contributed by atoms with Gasteiger partial charge in [-0.15, -0.1) is 0 Å². The Hall–Kier alpha value is -0.120. The van der Waals surface area contributed by atoms with E-state index in [0.29, 0.717) is 6.04 Å². The fourth-order valence-corrected chi connectivity index (χ4v) is 2.73. The van der Waals surface area contributed by atoms with Crippen LogP contribution >= 0.6 is 0 Å². The quantitative estimate of drug-likeness (QED) is 0.746. The highest BCUT2D eigenvalue weighted by Gasteiger charge is 2.27. The Balaban J connectivity index is 2.42. The van der Waals surface area contributed by atoms with Crippen molar-refractivity contribution in [2.75, 3.05) is 26.2 Å². The van der Waals surface area contributed by atoms with Crippen LogP contribution in [-0.2, 0) is 0 Å². The van der Waals surface area contributed by atoms with Crippen molar-refractivity contribution < 1.29 is 5.11 Å². The van der Waals surface area contributed by atoms with Gasteiger partial charge in [0.15, 0.2) is 0 Å². The second-order valence-electron chi connectivity index (χ2n) is 6.03. The van der Waals surface area contributed by atoms with Crippen molar-refractivity contribution >= 4 is 0 Å². The lowest BCUT2D eigenvalue weighted by atomic mass is 9.93. The summed E-state index contributed by atoms with van der Waals surface area (Å²) in [6.45, 7) is 12.3. The minimum atomic E-state index is -0.116. The maximum Gasteiger partial charge on any atom is 0.0611 e. The fraction of sp³-hybridized carbons (Fsp3) is 1.00. The van der Waals surface area contributed by atoms with Crippen molar-refractivity contribution in [3.63, 3.8) is 0 Å². The van der Waals surface area contributed by atoms with Gasteiger partial charge in [0, 0.05) is 24.7 Å². The molecule has 0 aromatic carbocycles. The zero-order valence-electron chi connectivity index (χ0n) is 12.0. The number of nitrogens with one attached hydrogen (secondary N) is 1. The molecule has 1 saturated heterocycles. The minimum Gasteiger partial charge on any atom is -0.394 e. The molecule has 3 nitrogen and oxygen atoms in total. The third-order valence-corrected chi connectivity index (χ3v) is 4.15. The third kappa shape index (κ3) is 4.57. The maximum absolute atomic E-state index is 9.48. The number of piperidine rings is 1. The SMILES string of the molecule is CCNC(C)(CO)CCN1CC(C)CCC1C. The van der Waals surface area contributed by atoms with Gasteiger partial charge in [-0.25, -0.2) is 0 Å². The van der Waals surface area contributed by atoms with Crippen LogP contribution in [-0.4, -0.2) is 47.8 Å². The molecule has 1 aliphatic heterocycles. The van der Waals surface area contributed by atoms with E-state index in [9.17, 15) is 5.11 Å². The summed E-state index contributed by atoms with van der Waals surface area (Å²) < 4.78 is 0. The van der Waals surface area contributed by atoms with Gasteiger partial charge >= 0.3 is 0 Å². The number of aliphatic hydroxyl groups excluding tert-OH is 1. The number of likely N-dealkylation sites (N-methyl/N-ethyl adjacent to an activating group) is 1. The molecule has 0 radical (unpaired) electrons. The van der Waals surface area contributed by atoms with Crippen LogP contribution in [0.4, 0.5) is 0 Å². The summed E-state index contributed by atoms with van der Waals surface area (Å²) >= 11 is 0. The molecule has 0 aliphatic carbocycles. The molecule has 0 amide bonds. The van der Waals surface area contributed by atoms with Gasteiger partial charge in [0.25, 0.3) is 0 Å². The highest BCUT2D eigenvalue weighted by atomic mass is 16.3. The molecule has 1 fully saturated rings. The molecule has 3 atom stereocenters. The first kappa shape index (κ1) is 14.9. The van der Waals surface area contributed by atoms with Crippen LogP contribution in [0.15, 0.2) is 0 Å². The number of nitrogens with zero attached hydrogens (tertiary/aromatic N) is 1. The maximum atomic E-state index is 9.48. The number of rotatable bonds is 6. The molecular weight excluding hydrogens is 212 g/mol. The molecule has 0 saturated carbocycles. The Morgan fingerprint density at radius 1 is 1.35 bits per heavy atom. The average Bonchev–Trinajstić information content (AvgIpc) is 2.31. The Kier molecular flexibility index (Phi) is 5.90. The molecule has 2 N–H and O–H groups in total. The summed E-state index contributed by atoms with van der Waals surface area (Å²) in [5.41, 5.74) is -0.116. The van der Waals surface area contributed by atoms with Crippen molar-refractivity contribution in [1.29, 1.82) is 0 Å². The Labute approximate surface area is 107 Å². The van der Waals surface area contributed by atoms with Crippen molar-refractivity contribution in [3.8, 4) is 0 Å². The van der Waals surface area contributed by atoms with Gasteiger partial charge in [0.2, 0.25) is 0 Å². The van der Waals surface area contributed by atoms with Gasteiger partial charge in [0.05, 0.1) is 6.61 Å². The molecule has 0 aromatic rings. The molecule has 3 heteroatoms. The zero-order chi connectivity index (χ0) is 12.9. The monoisotopic (exact) mass is 242 g/mol. The average molecular weight is 242 g/mol. The van der Waals surface area contributed by atoms with Gasteiger partial charge in [-0.2, -0.15) is 0 Å². The van der Waals surface area contributed by atoms with E-state index in [4.69, 9.17) is 0 Å². The molecule has 1 rings (SSSR count). The van der Waals surface area contributed by atoms with E-state index in [1.165, 1.54) is 19.4 Å². The molecule has 1 heterocycles. The Morgan fingerprint density at radius 2 is 2.06 bits per heavy atom. The molecule has 1 aliphatic rings. The summed E-state index contributed by atoms with van der Waals surface area (Å²) in [5.74, 6) is 0.825. The zero-order valence-corrected chi connectivity index (χ0v) is 12.0. The largest absolute Gasteiger partial charge is 0.394 e. The van der Waals surface area contributed by atoms with Gasteiger partial charge < -0.3 is 15.3 Å². The lowest BCUT2D eigenvalue weighted by Crippen LogP contribution is -2.50. The lowest BCUT2D eigenvalue weighted by molar-refractivity contribution is 0.0951. The Bertz CT molecular complexity index is 222. The molecule has 102 valence electrons. The first-order valence-electron chi connectivity index (χ1n) is 7.10. The summed E-state index contributed by atoms with van der Waals surface area (Å²) in [7, 11) is 0. The summed E-state index contributed by atoms with van der Waals surface area (Å²) in [6, 6.07) is 0.704. The first-order valence-corrected chi connectivity index (χ1v) is 7.10. The van der Waals surface area contributed by atoms with Crippen molar-refractivity contribution in [2.24, 2.45) is 5.92 Å². The van der Waals surface area contributed by atoms with E-state index in [1.54, 1.807) is 0 Å². The topological polar surface area (TPSA) is 35.5 Å². The predicted molar refractivity (Wildman–Crippen MR) is 73.2 cm³/mol. The smallest absolute Gasteiger partial charge is 0.0611 e. The van der Waals surface area contributed by atoms with Crippen molar-refractivity contribution in [1.82, 2.24) is 10.2 Å². The molecule has 17 heavy (non-hydrogen) atoms. The second-order valence-corrected chi connectivity index (χ2v) is 6.03. The lowest BCUT2D eigenvalue weighted by Gasteiger charge is -2.39. The van der Waals surface area contributed by atoms with E-state index in [1.807, 2.05) is 0 Å². The molecule has 0 spiro atoms. The van der Waals surface area contributed by atoms with Crippen LogP contribution in [0.5, 0.6) is 0 Å². The normalized spacial score (nSPS) is 30.2. The van der Waals surface area contributed by atoms with Crippen LogP contribution in [0.3, 0.4) is 0 Å². The van der Waals surface area contributed by atoms with Crippen LogP contribution in [0.25, 0.3) is 0 Å². The number of likely N-dealkylation sites (tertiary alicyclic amines) is 1. The number of hydrogen-bond acceptors (Lipinski definition) is 3. The van der Waals surface area contributed by atoms with Crippen LogP contribution < -0.4 is 5.32 Å². The van der Waals surface area contributed by atoms with Crippen LogP contribution in [0.2, 0.25) is 0 Å². The highest BCUT2D eigenvalue weighted by molar-refractivity contribution is 4.85. The molecule has 0 bridgehead atoms. The van der Waals surface area contributed by atoms with Gasteiger partial charge in [-0.3, -0.25) is 0 Å². The van der Waals surface area contributed by atoms with Crippen LogP contribution in [0.1, 0.15) is 47.0 Å².